The van der Waals surface area contributed by atoms with E-state index >= 15 is 0 Å². The molecule has 0 spiro atoms. The van der Waals surface area contributed by atoms with E-state index in [1.807, 2.05) is 6.07 Å². The Morgan fingerprint density at radius 3 is 3.05 bits per heavy atom. The molecule has 0 atom stereocenters. The highest BCUT2D eigenvalue weighted by molar-refractivity contribution is 5.98. The number of rotatable bonds is 4. The van der Waals surface area contributed by atoms with Gasteiger partial charge in [-0.05, 0) is 18.2 Å². The van der Waals surface area contributed by atoms with Crippen molar-refractivity contribution in [2.75, 3.05) is 32.7 Å². The predicted octanol–water partition coefficient (Wildman–Crippen LogP) is 1.31. The van der Waals surface area contributed by atoms with Crippen molar-refractivity contribution in [3.05, 3.63) is 30.2 Å². The Morgan fingerprint density at radius 1 is 1.37 bits per heavy atom. The van der Waals surface area contributed by atoms with Gasteiger partial charge in [0.2, 0.25) is 0 Å². The van der Waals surface area contributed by atoms with E-state index in [9.17, 15) is 4.79 Å². The van der Waals surface area contributed by atoms with E-state index in [-0.39, 0.29) is 5.78 Å². The summed E-state index contributed by atoms with van der Waals surface area (Å²) in [6.07, 6.45) is 1.96. The summed E-state index contributed by atoms with van der Waals surface area (Å²) in [6.45, 7) is 4.90. The van der Waals surface area contributed by atoms with Crippen molar-refractivity contribution in [3.63, 3.8) is 0 Å². The summed E-state index contributed by atoms with van der Waals surface area (Å²) in [5.74, 6) is 0.170. The first-order valence-electron chi connectivity index (χ1n) is 6.62. The summed E-state index contributed by atoms with van der Waals surface area (Å²) < 4.78 is 5.17. The summed E-state index contributed by atoms with van der Waals surface area (Å²) >= 11 is 0. The number of fused-ring (bicyclic) bond motifs is 1. The summed E-state index contributed by atoms with van der Waals surface area (Å²) in [7, 11) is 0. The van der Waals surface area contributed by atoms with Gasteiger partial charge in [0.1, 0.15) is 5.52 Å². The monoisotopic (exact) mass is 259 g/mol. The first-order chi connectivity index (χ1) is 9.33. The van der Waals surface area contributed by atoms with Crippen LogP contribution in [0.15, 0.2) is 29.0 Å². The molecule has 0 radical (unpaired) electrons. The van der Waals surface area contributed by atoms with E-state index < -0.39 is 0 Å². The Hall–Kier alpha value is -1.72. The largest absolute Gasteiger partial charge is 0.443 e. The van der Waals surface area contributed by atoms with E-state index in [0.29, 0.717) is 6.42 Å². The Labute approximate surface area is 111 Å². The minimum absolute atomic E-state index is 0.170. The number of carbonyl (C=O) groups excluding carboxylic acids is 1. The van der Waals surface area contributed by atoms with Gasteiger partial charge >= 0.3 is 0 Å². The van der Waals surface area contributed by atoms with Crippen LogP contribution < -0.4 is 5.32 Å². The van der Waals surface area contributed by atoms with Crippen LogP contribution in [0.3, 0.4) is 0 Å². The maximum absolute atomic E-state index is 12.2. The number of nitrogens with zero attached hydrogens (tertiary/aromatic N) is 2. The molecule has 0 bridgehead atoms. The lowest BCUT2D eigenvalue weighted by molar-refractivity contribution is 0.0961. The van der Waals surface area contributed by atoms with Crippen LogP contribution in [0.2, 0.25) is 0 Å². The third-order valence-electron chi connectivity index (χ3n) is 3.52. The molecule has 2 aromatic rings. The van der Waals surface area contributed by atoms with Crippen LogP contribution >= 0.6 is 0 Å². The molecule has 0 amide bonds. The summed E-state index contributed by atoms with van der Waals surface area (Å²) in [5, 5.41) is 3.31. The first-order valence-corrected chi connectivity index (χ1v) is 6.62. The van der Waals surface area contributed by atoms with Crippen LogP contribution in [0, 0.1) is 0 Å². The van der Waals surface area contributed by atoms with Crippen LogP contribution in [0.25, 0.3) is 11.1 Å². The second-order valence-electron chi connectivity index (χ2n) is 4.80. The first kappa shape index (κ1) is 12.3. The normalized spacial score (nSPS) is 16.8. The number of piperazine rings is 1. The van der Waals surface area contributed by atoms with Gasteiger partial charge < -0.3 is 14.6 Å². The average Bonchev–Trinajstić information content (AvgIpc) is 2.93. The Balaban J connectivity index is 1.62. The molecule has 0 aliphatic carbocycles. The SMILES string of the molecule is O=C(CCN1CCNCC1)c1ccc2ocnc2c1. The lowest BCUT2D eigenvalue weighted by Gasteiger charge is -2.26. The highest BCUT2D eigenvalue weighted by Crippen LogP contribution is 2.15. The molecule has 100 valence electrons. The maximum Gasteiger partial charge on any atom is 0.181 e. The number of nitrogens with one attached hydrogen (secondary N) is 1. The van der Waals surface area contributed by atoms with Crippen molar-refractivity contribution in [2.24, 2.45) is 0 Å². The zero-order valence-corrected chi connectivity index (χ0v) is 10.8. The van der Waals surface area contributed by atoms with Gasteiger partial charge in [0, 0.05) is 44.7 Å². The predicted molar refractivity (Wildman–Crippen MR) is 72.3 cm³/mol. The fraction of sp³-hybridized carbons (Fsp3) is 0.429. The third-order valence-corrected chi connectivity index (χ3v) is 3.52. The quantitative estimate of drug-likeness (QED) is 0.839. The molecule has 2 heterocycles. The standard InChI is InChI=1S/C14H17N3O2/c18-13(3-6-17-7-4-15-5-8-17)11-1-2-14-12(9-11)16-10-19-14/h1-2,9-10,15H,3-8H2. The molecule has 0 saturated carbocycles. The van der Waals surface area contributed by atoms with Crippen molar-refractivity contribution in [1.29, 1.82) is 0 Å². The fourth-order valence-corrected chi connectivity index (χ4v) is 2.37. The van der Waals surface area contributed by atoms with E-state index in [0.717, 1.165) is 49.4 Å². The number of benzene rings is 1. The Kier molecular flexibility index (Phi) is 3.57. The number of hydrogen-bond donors (Lipinski definition) is 1. The fourth-order valence-electron chi connectivity index (χ4n) is 2.37. The van der Waals surface area contributed by atoms with E-state index in [4.69, 9.17) is 4.42 Å². The highest BCUT2D eigenvalue weighted by atomic mass is 16.3. The van der Waals surface area contributed by atoms with Crippen LogP contribution in [0.5, 0.6) is 0 Å². The van der Waals surface area contributed by atoms with Crippen molar-refractivity contribution >= 4 is 16.9 Å². The maximum atomic E-state index is 12.2. The summed E-state index contributed by atoms with van der Waals surface area (Å²) in [5.41, 5.74) is 2.18. The minimum Gasteiger partial charge on any atom is -0.443 e. The topological polar surface area (TPSA) is 58.4 Å². The Morgan fingerprint density at radius 2 is 2.21 bits per heavy atom. The van der Waals surface area contributed by atoms with E-state index in [2.05, 4.69) is 15.2 Å². The number of Topliss-reactive ketones (excluding diaryl/α,β-unsaturated/α-hetero) is 1. The molecule has 19 heavy (non-hydrogen) atoms. The smallest absolute Gasteiger partial charge is 0.181 e. The van der Waals surface area contributed by atoms with Crippen LogP contribution in [0.4, 0.5) is 0 Å². The molecular formula is C14H17N3O2. The van der Waals surface area contributed by atoms with E-state index in [1.54, 1.807) is 12.1 Å². The van der Waals surface area contributed by atoms with Gasteiger partial charge in [0.25, 0.3) is 0 Å². The van der Waals surface area contributed by atoms with Gasteiger partial charge in [-0.1, -0.05) is 0 Å². The van der Waals surface area contributed by atoms with Gasteiger partial charge in [0.15, 0.2) is 17.8 Å². The van der Waals surface area contributed by atoms with Gasteiger partial charge in [0.05, 0.1) is 0 Å². The number of oxazole rings is 1. The van der Waals surface area contributed by atoms with Gasteiger partial charge in [-0.15, -0.1) is 0 Å². The molecule has 5 nitrogen and oxygen atoms in total. The average molecular weight is 259 g/mol. The lowest BCUT2D eigenvalue weighted by atomic mass is 10.1. The molecule has 1 saturated heterocycles. The van der Waals surface area contributed by atoms with Crippen molar-refractivity contribution < 1.29 is 9.21 Å². The summed E-state index contributed by atoms with van der Waals surface area (Å²) in [6, 6.07) is 5.42. The third kappa shape index (κ3) is 2.83. The van der Waals surface area contributed by atoms with Gasteiger partial charge in [-0.3, -0.25) is 4.79 Å². The lowest BCUT2D eigenvalue weighted by Crippen LogP contribution is -2.44. The second-order valence-corrected chi connectivity index (χ2v) is 4.80. The van der Waals surface area contributed by atoms with Gasteiger partial charge in [-0.25, -0.2) is 4.98 Å². The van der Waals surface area contributed by atoms with Crippen molar-refractivity contribution in [3.8, 4) is 0 Å². The molecular weight excluding hydrogens is 242 g/mol. The number of aromatic nitrogens is 1. The minimum atomic E-state index is 0.170. The number of ketones is 1. The van der Waals surface area contributed by atoms with E-state index in [1.165, 1.54) is 6.39 Å². The molecule has 5 heteroatoms. The van der Waals surface area contributed by atoms with Crippen LogP contribution in [-0.2, 0) is 0 Å². The molecule has 1 aromatic heterocycles. The molecule has 3 rings (SSSR count). The zero-order chi connectivity index (χ0) is 13.1. The second kappa shape index (κ2) is 5.50. The Bertz CT molecular complexity index is 573. The molecule has 0 unspecified atom stereocenters. The molecule has 1 aliphatic rings. The molecule has 1 aromatic carbocycles. The van der Waals surface area contributed by atoms with Crippen LogP contribution in [0.1, 0.15) is 16.8 Å². The van der Waals surface area contributed by atoms with Crippen LogP contribution in [-0.4, -0.2) is 48.4 Å². The summed E-state index contributed by atoms with van der Waals surface area (Å²) in [4.78, 5) is 18.5. The number of hydrogen-bond acceptors (Lipinski definition) is 5. The molecule has 1 fully saturated rings. The molecule has 1 aliphatic heterocycles. The van der Waals surface area contributed by atoms with Crippen molar-refractivity contribution in [2.45, 2.75) is 6.42 Å². The number of carbonyl (C=O) groups is 1. The zero-order valence-electron chi connectivity index (χ0n) is 10.8. The van der Waals surface area contributed by atoms with Gasteiger partial charge in [-0.2, -0.15) is 0 Å². The highest BCUT2D eigenvalue weighted by Gasteiger charge is 2.13. The van der Waals surface area contributed by atoms with Crippen molar-refractivity contribution in [1.82, 2.24) is 15.2 Å². The molecule has 1 N–H and O–H groups in total.